The molecule has 0 radical (unpaired) electrons. The number of thiazole rings is 1. The number of nitrogen functional groups attached to an aromatic ring is 1. The molecule has 5 N–H and O–H groups in total. The third-order valence-corrected chi connectivity index (χ3v) is 6.38. The summed E-state index contributed by atoms with van der Waals surface area (Å²) in [6.07, 6.45) is 0.444. The van der Waals surface area contributed by atoms with Gasteiger partial charge >= 0.3 is 0 Å². The maximum atomic E-state index is 11.5. The van der Waals surface area contributed by atoms with Gasteiger partial charge in [0, 0.05) is 22.9 Å². The molecule has 8 nitrogen and oxygen atoms in total. The van der Waals surface area contributed by atoms with E-state index in [1.165, 1.54) is 23.5 Å². The van der Waals surface area contributed by atoms with Crippen LogP contribution in [0.1, 0.15) is 16.8 Å². The monoisotopic (exact) mass is 441 g/mol. The molecule has 154 valence electrons. The molecule has 0 saturated heterocycles. The second kappa shape index (κ2) is 8.00. The first kappa shape index (κ1) is 20.2. The van der Waals surface area contributed by atoms with Crippen molar-refractivity contribution in [3.05, 3.63) is 76.8 Å². The summed E-state index contributed by atoms with van der Waals surface area (Å²) in [4.78, 5) is 4.42. The van der Waals surface area contributed by atoms with Gasteiger partial charge in [-0.3, -0.25) is 0 Å². The highest BCUT2D eigenvalue weighted by Crippen LogP contribution is 2.32. The maximum absolute atomic E-state index is 11.5. The highest BCUT2D eigenvalue weighted by molar-refractivity contribution is 7.89. The molecule has 0 aliphatic carbocycles. The van der Waals surface area contributed by atoms with Crippen molar-refractivity contribution in [2.24, 2.45) is 5.14 Å². The van der Waals surface area contributed by atoms with E-state index in [2.05, 4.69) is 4.98 Å². The van der Waals surface area contributed by atoms with Crippen LogP contribution in [-0.2, 0) is 23.1 Å². The molecule has 0 bridgehead atoms. The van der Waals surface area contributed by atoms with E-state index in [4.69, 9.17) is 16.0 Å². The van der Waals surface area contributed by atoms with E-state index in [1.54, 1.807) is 22.2 Å². The van der Waals surface area contributed by atoms with E-state index in [1.807, 2.05) is 30.3 Å². The maximum Gasteiger partial charge on any atom is 0.238 e. The molecular formula is C20H19N5O3S2. The Morgan fingerprint density at radius 2 is 1.77 bits per heavy atom. The van der Waals surface area contributed by atoms with Gasteiger partial charge in [0.25, 0.3) is 0 Å². The Labute approximate surface area is 177 Å². The molecule has 2 aromatic heterocycles. The lowest BCUT2D eigenvalue weighted by Crippen LogP contribution is -2.11. The Bertz CT molecular complexity index is 1280. The lowest BCUT2D eigenvalue weighted by atomic mass is 10.0. The minimum absolute atomic E-state index is 0.0533. The van der Waals surface area contributed by atoms with Crippen molar-refractivity contribution in [3.8, 4) is 16.4 Å². The van der Waals surface area contributed by atoms with E-state index in [-0.39, 0.29) is 11.5 Å². The Balaban J connectivity index is 1.79. The van der Waals surface area contributed by atoms with Crippen LogP contribution in [0.25, 0.3) is 16.4 Å². The van der Waals surface area contributed by atoms with Gasteiger partial charge in [0.1, 0.15) is 5.82 Å². The summed E-state index contributed by atoms with van der Waals surface area (Å²) in [6.45, 7) is -0.160. The normalized spacial score (nSPS) is 11.7. The number of aliphatic hydroxyl groups excluding tert-OH is 1. The zero-order valence-electron chi connectivity index (χ0n) is 15.8. The number of aliphatic hydroxyl groups is 1. The van der Waals surface area contributed by atoms with Crippen LogP contribution in [0, 0.1) is 0 Å². The highest BCUT2D eigenvalue weighted by Gasteiger charge is 2.20. The molecule has 2 heterocycles. The van der Waals surface area contributed by atoms with Gasteiger partial charge in [0.15, 0.2) is 0 Å². The Morgan fingerprint density at radius 3 is 2.37 bits per heavy atom. The van der Waals surface area contributed by atoms with E-state index in [9.17, 15) is 13.5 Å². The molecule has 4 rings (SSSR count). The third kappa shape index (κ3) is 3.98. The van der Waals surface area contributed by atoms with Crippen molar-refractivity contribution >= 4 is 27.2 Å². The van der Waals surface area contributed by atoms with Crippen LogP contribution in [0.2, 0.25) is 0 Å². The van der Waals surface area contributed by atoms with Crippen LogP contribution in [-0.4, -0.2) is 28.3 Å². The van der Waals surface area contributed by atoms with E-state index < -0.39 is 10.0 Å². The summed E-state index contributed by atoms with van der Waals surface area (Å²) in [7, 11) is -3.75. The number of rotatable bonds is 6. The van der Waals surface area contributed by atoms with Crippen LogP contribution in [0.4, 0.5) is 5.82 Å². The second-order valence-corrected chi connectivity index (χ2v) is 9.03. The lowest BCUT2D eigenvalue weighted by molar-refractivity contribution is 0.277. The molecule has 0 aliphatic heterocycles. The Hall–Kier alpha value is -3.05. The van der Waals surface area contributed by atoms with Gasteiger partial charge < -0.3 is 10.8 Å². The largest absolute Gasteiger partial charge is 0.390 e. The van der Waals surface area contributed by atoms with Gasteiger partial charge in [-0.2, -0.15) is 9.78 Å². The van der Waals surface area contributed by atoms with Crippen molar-refractivity contribution in [2.75, 3.05) is 5.73 Å². The van der Waals surface area contributed by atoms with E-state index >= 15 is 0 Å². The summed E-state index contributed by atoms with van der Waals surface area (Å²) < 4.78 is 24.6. The first-order valence-electron chi connectivity index (χ1n) is 8.97. The standard InChI is InChI=1S/C20H19N5O3S2/c21-19-17(10-13-6-8-16(9-7-13)30(22,27)28)18(14-4-2-1-3-5-14)24-25(19)20-23-15(11-26)12-29-20/h1-9,12,26H,10-11,21H2,(H2,22,27,28). The predicted octanol–water partition coefficient (Wildman–Crippen LogP) is 2.31. The molecule has 0 saturated carbocycles. The fourth-order valence-corrected chi connectivity index (χ4v) is 4.37. The minimum Gasteiger partial charge on any atom is -0.390 e. The van der Waals surface area contributed by atoms with Crippen LogP contribution in [0.15, 0.2) is 64.9 Å². The first-order chi connectivity index (χ1) is 14.4. The zero-order valence-corrected chi connectivity index (χ0v) is 17.4. The average molecular weight is 442 g/mol. The molecule has 4 aromatic rings. The number of aromatic nitrogens is 3. The van der Waals surface area contributed by atoms with Crippen LogP contribution >= 0.6 is 11.3 Å². The van der Waals surface area contributed by atoms with Crippen molar-refractivity contribution in [2.45, 2.75) is 17.9 Å². The number of anilines is 1. The fraction of sp³-hybridized carbons (Fsp3) is 0.100. The third-order valence-electron chi connectivity index (χ3n) is 4.59. The number of nitrogens with two attached hydrogens (primary N) is 2. The minimum atomic E-state index is -3.75. The SMILES string of the molecule is Nc1c(Cc2ccc(S(N)(=O)=O)cc2)c(-c2ccccc2)nn1-c1nc(CO)cs1. The van der Waals surface area contributed by atoms with Gasteiger partial charge in [0.2, 0.25) is 15.2 Å². The molecule has 30 heavy (non-hydrogen) atoms. The zero-order chi connectivity index (χ0) is 21.3. The molecule has 0 fully saturated rings. The Kier molecular flexibility index (Phi) is 5.39. The van der Waals surface area contributed by atoms with E-state index in [0.29, 0.717) is 28.8 Å². The summed E-state index contributed by atoms with van der Waals surface area (Å²) in [6, 6.07) is 16.0. The van der Waals surface area contributed by atoms with Crippen molar-refractivity contribution in [1.82, 2.24) is 14.8 Å². The highest BCUT2D eigenvalue weighted by atomic mass is 32.2. The summed E-state index contributed by atoms with van der Waals surface area (Å²) in [5.74, 6) is 0.434. The average Bonchev–Trinajstić information content (AvgIpc) is 3.33. The molecule has 2 aromatic carbocycles. The van der Waals surface area contributed by atoms with Crippen molar-refractivity contribution in [3.63, 3.8) is 0 Å². The van der Waals surface area contributed by atoms with E-state index in [0.717, 1.165) is 16.7 Å². The predicted molar refractivity (Wildman–Crippen MR) is 116 cm³/mol. The molecule has 0 unspecified atom stereocenters. The topological polar surface area (TPSA) is 137 Å². The molecule has 0 spiro atoms. The number of nitrogens with zero attached hydrogens (tertiary/aromatic N) is 3. The quantitative estimate of drug-likeness (QED) is 0.420. The van der Waals surface area contributed by atoms with Crippen LogP contribution in [0.3, 0.4) is 0 Å². The van der Waals surface area contributed by atoms with Gasteiger partial charge in [-0.15, -0.1) is 11.3 Å². The summed E-state index contributed by atoms with van der Waals surface area (Å²) in [5.41, 5.74) is 10.3. The molecule has 0 atom stereocenters. The summed E-state index contributed by atoms with van der Waals surface area (Å²) in [5, 5.41) is 21.5. The Morgan fingerprint density at radius 1 is 1.07 bits per heavy atom. The summed E-state index contributed by atoms with van der Waals surface area (Å²) >= 11 is 1.34. The first-order valence-corrected chi connectivity index (χ1v) is 11.4. The molecule has 0 aliphatic rings. The number of hydrogen-bond acceptors (Lipinski definition) is 7. The smallest absolute Gasteiger partial charge is 0.238 e. The molecular weight excluding hydrogens is 422 g/mol. The second-order valence-electron chi connectivity index (χ2n) is 6.64. The van der Waals surface area contributed by atoms with Gasteiger partial charge in [-0.25, -0.2) is 18.5 Å². The fourth-order valence-electron chi connectivity index (χ4n) is 3.08. The van der Waals surface area contributed by atoms with Crippen LogP contribution < -0.4 is 10.9 Å². The molecule has 10 heteroatoms. The van der Waals surface area contributed by atoms with Gasteiger partial charge in [0.05, 0.1) is 22.9 Å². The number of sulfonamides is 1. The lowest BCUT2D eigenvalue weighted by Gasteiger charge is -2.06. The van der Waals surface area contributed by atoms with Gasteiger partial charge in [-0.1, -0.05) is 42.5 Å². The molecule has 0 amide bonds. The number of benzene rings is 2. The van der Waals surface area contributed by atoms with Crippen molar-refractivity contribution < 1.29 is 13.5 Å². The van der Waals surface area contributed by atoms with Crippen LogP contribution in [0.5, 0.6) is 0 Å². The van der Waals surface area contributed by atoms with Gasteiger partial charge in [-0.05, 0) is 17.7 Å². The number of hydrogen-bond donors (Lipinski definition) is 3. The van der Waals surface area contributed by atoms with Crippen molar-refractivity contribution in [1.29, 1.82) is 0 Å². The number of primary sulfonamides is 1.